The van der Waals surface area contributed by atoms with Crippen molar-refractivity contribution in [3.05, 3.63) is 18.1 Å². The van der Waals surface area contributed by atoms with E-state index >= 15 is 0 Å². The monoisotopic (exact) mass is 260 g/mol. The second kappa shape index (κ2) is 5.45. The van der Waals surface area contributed by atoms with Crippen LogP contribution >= 0.6 is 0 Å². The van der Waals surface area contributed by atoms with E-state index in [4.69, 9.17) is 0 Å². The molecule has 1 N–H and O–H groups in total. The third-order valence-electron chi connectivity index (χ3n) is 4.13. The smallest absolute Gasteiger partial charge is 0.132 e. The van der Waals surface area contributed by atoms with E-state index < -0.39 is 0 Å². The average molecular weight is 260 g/mol. The Morgan fingerprint density at radius 3 is 2.79 bits per heavy atom. The van der Waals surface area contributed by atoms with E-state index in [1.165, 1.54) is 32.2 Å². The van der Waals surface area contributed by atoms with Crippen molar-refractivity contribution in [2.24, 2.45) is 0 Å². The van der Waals surface area contributed by atoms with Crippen LogP contribution in [-0.2, 0) is 0 Å². The van der Waals surface area contributed by atoms with Crippen LogP contribution in [0.4, 0.5) is 5.82 Å². The fraction of sp³-hybridized carbons (Fsp3) is 0.733. The molecule has 0 bridgehead atoms. The lowest BCUT2D eigenvalue weighted by Crippen LogP contribution is -2.39. The highest BCUT2D eigenvalue weighted by atomic mass is 15.3. The molecule has 104 valence electrons. The van der Waals surface area contributed by atoms with Gasteiger partial charge in [0.05, 0.1) is 0 Å². The molecular weight excluding hydrogens is 236 g/mol. The van der Waals surface area contributed by atoms with Gasteiger partial charge in [0.25, 0.3) is 0 Å². The summed E-state index contributed by atoms with van der Waals surface area (Å²) in [6.45, 7) is 6.64. The second-order valence-corrected chi connectivity index (χ2v) is 6.13. The molecule has 1 aromatic heterocycles. The Labute approximate surface area is 115 Å². The predicted octanol–water partition coefficient (Wildman–Crippen LogP) is 2.32. The summed E-state index contributed by atoms with van der Waals surface area (Å²) in [5.74, 6) is 1.59. The standard InChI is InChI=1S/C15H24N4/c1-11(2)14-8-15(18-10-17-14)19(13-5-6-13)9-12-4-3-7-16-12/h8,10-13,16H,3-7,9H2,1-2H3. The fourth-order valence-corrected chi connectivity index (χ4v) is 2.80. The molecule has 1 aliphatic carbocycles. The molecule has 1 atom stereocenters. The van der Waals surface area contributed by atoms with E-state index in [1.54, 1.807) is 6.33 Å². The third kappa shape index (κ3) is 3.06. The molecule has 1 unspecified atom stereocenters. The Hall–Kier alpha value is -1.16. The molecule has 0 aromatic carbocycles. The number of nitrogens with one attached hydrogen (secondary N) is 1. The van der Waals surface area contributed by atoms with E-state index in [-0.39, 0.29) is 0 Å². The highest BCUT2D eigenvalue weighted by Gasteiger charge is 2.32. The Bertz CT molecular complexity index is 422. The molecule has 1 saturated heterocycles. The molecule has 2 fully saturated rings. The zero-order valence-corrected chi connectivity index (χ0v) is 12.0. The van der Waals surface area contributed by atoms with Crippen LogP contribution < -0.4 is 10.2 Å². The summed E-state index contributed by atoms with van der Waals surface area (Å²) in [7, 11) is 0. The van der Waals surface area contributed by atoms with Crippen molar-refractivity contribution in [3.63, 3.8) is 0 Å². The van der Waals surface area contributed by atoms with E-state index in [2.05, 4.69) is 40.1 Å². The molecule has 0 amide bonds. The largest absolute Gasteiger partial charge is 0.352 e. The number of anilines is 1. The van der Waals surface area contributed by atoms with Crippen LogP contribution in [0.3, 0.4) is 0 Å². The van der Waals surface area contributed by atoms with Gasteiger partial charge in [-0.3, -0.25) is 0 Å². The van der Waals surface area contributed by atoms with Crippen LogP contribution in [0.15, 0.2) is 12.4 Å². The van der Waals surface area contributed by atoms with Crippen LogP contribution in [-0.4, -0.2) is 35.1 Å². The lowest BCUT2D eigenvalue weighted by molar-refractivity contribution is 0.574. The Morgan fingerprint density at radius 2 is 2.16 bits per heavy atom. The number of nitrogens with zero attached hydrogens (tertiary/aromatic N) is 3. The third-order valence-corrected chi connectivity index (χ3v) is 4.13. The van der Waals surface area contributed by atoms with Crippen LogP contribution in [0.25, 0.3) is 0 Å². The first-order valence-corrected chi connectivity index (χ1v) is 7.56. The van der Waals surface area contributed by atoms with Gasteiger partial charge >= 0.3 is 0 Å². The van der Waals surface area contributed by atoms with Crippen LogP contribution in [0.5, 0.6) is 0 Å². The van der Waals surface area contributed by atoms with Gasteiger partial charge in [0, 0.05) is 30.4 Å². The van der Waals surface area contributed by atoms with E-state index in [0.717, 1.165) is 18.1 Å². The minimum Gasteiger partial charge on any atom is -0.352 e. The van der Waals surface area contributed by atoms with Gasteiger partial charge in [-0.2, -0.15) is 0 Å². The molecule has 2 aliphatic rings. The van der Waals surface area contributed by atoms with Crippen LogP contribution in [0, 0.1) is 0 Å². The van der Waals surface area contributed by atoms with Gasteiger partial charge in [0.2, 0.25) is 0 Å². The summed E-state index contributed by atoms with van der Waals surface area (Å²) in [6, 6.07) is 3.52. The lowest BCUT2D eigenvalue weighted by Gasteiger charge is -2.27. The summed E-state index contributed by atoms with van der Waals surface area (Å²) < 4.78 is 0. The summed E-state index contributed by atoms with van der Waals surface area (Å²) in [6.07, 6.45) is 6.96. The molecule has 1 aliphatic heterocycles. The van der Waals surface area contributed by atoms with Crippen molar-refractivity contribution in [1.82, 2.24) is 15.3 Å². The first kappa shape index (κ1) is 12.9. The molecule has 2 heterocycles. The molecule has 1 saturated carbocycles. The van der Waals surface area contributed by atoms with Crippen molar-refractivity contribution >= 4 is 5.82 Å². The molecular formula is C15H24N4. The second-order valence-electron chi connectivity index (χ2n) is 6.13. The van der Waals surface area contributed by atoms with E-state index in [0.29, 0.717) is 18.0 Å². The van der Waals surface area contributed by atoms with Gasteiger partial charge in [-0.1, -0.05) is 13.8 Å². The molecule has 1 aromatic rings. The van der Waals surface area contributed by atoms with Gasteiger partial charge in [0.15, 0.2) is 0 Å². The molecule has 4 nitrogen and oxygen atoms in total. The number of aromatic nitrogens is 2. The molecule has 0 spiro atoms. The molecule has 4 heteroatoms. The first-order valence-electron chi connectivity index (χ1n) is 7.56. The maximum absolute atomic E-state index is 4.51. The average Bonchev–Trinajstić information content (AvgIpc) is 3.13. The zero-order chi connectivity index (χ0) is 13.2. The number of hydrogen-bond donors (Lipinski definition) is 1. The van der Waals surface area contributed by atoms with Crippen LogP contribution in [0.1, 0.15) is 51.1 Å². The van der Waals surface area contributed by atoms with Gasteiger partial charge in [-0.05, 0) is 38.1 Å². The van der Waals surface area contributed by atoms with Gasteiger partial charge in [-0.15, -0.1) is 0 Å². The topological polar surface area (TPSA) is 41.0 Å². The summed E-state index contributed by atoms with van der Waals surface area (Å²) in [4.78, 5) is 11.4. The SMILES string of the molecule is CC(C)c1cc(N(CC2CCCN2)C2CC2)ncn1. The Balaban J connectivity index is 1.77. The molecule has 0 radical (unpaired) electrons. The van der Waals surface area contributed by atoms with Crippen molar-refractivity contribution < 1.29 is 0 Å². The lowest BCUT2D eigenvalue weighted by atomic mass is 10.1. The summed E-state index contributed by atoms with van der Waals surface area (Å²) >= 11 is 0. The van der Waals surface area contributed by atoms with Gasteiger partial charge in [0.1, 0.15) is 12.1 Å². The van der Waals surface area contributed by atoms with Gasteiger partial charge < -0.3 is 10.2 Å². The van der Waals surface area contributed by atoms with Crippen molar-refractivity contribution in [1.29, 1.82) is 0 Å². The Morgan fingerprint density at radius 1 is 1.32 bits per heavy atom. The van der Waals surface area contributed by atoms with E-state index in [9.17, 15) is 0 Å². The highest BCUT2D eigenvalue weighted by Crippen LogP contribution is 2.32. The normalized spacial score (nSPS) is 23.0. The highest BCUT2D eigenvalue weighted by molar-refractivity contribution is 5.42. The summed E-state index contributed by atoms with van der Waals surface area (Å²) in [5, 5.41) is 3.59. The van der Waals surface area contributed by atoms with Crippen LogP contribution in [0.2, 0.25) is 0 Å². The fourth-order valence-electron chi connectivity index (χ4n) is 2.80. The van der Waals surface area contributed by atoms with E-state index in [1.807, 2.05) is 0 Å². The Kier molecular flexibility index (Phi) is 3.69. The minimum atomic E-state index is 0.465. The first-order chi connectivity index (χ1) is 9.24. The molecule has 3 rings (SSSR count). The van der Waals surface area contributed by atoms with Crippen molar-refractivity contribution in [2.45, 2.75) is 57.5 Å². The quantitative estimate of drug-likeness (QED) is 0.882. The van der Waals surface area contributed by atoms with Crippen molar-refractivity contribution in [3.8, 4) is 0 Å². The van der Waals surface area contributed by atoms with Crippen molar-refractivity contribution in [2.75, 3.05) is 18.0 Å². The van der Waals surface area contributed by atoms with Gasteiger partial charge in [-0.25, -0.2) is 9.97 Å². The minimum absolute atomic E-state index is 0.465. The predicted molar refractivity (Wildman–Crippen MR) is 77.5 cm³/mol. The summed E-state index contributed by atoms with van der Waals surface area (Å²) in [5.41, 5.74) is 1.15. The number of rotatable bonds is 5. The maximum atomic E-state index is 4.51. The zero-order valence-electron chi connectivity index (χ0n) is 12.0. The maximum Gasteiger partial charge on any atom is 0.132 e. The number of hydrogen-bond acceptors (Lipinski definition) is 4. The molecule has 19 heavy (non-hydrogen) atoms.